The summed E-state index contributed by atoms with van der Waals surface area (Å²) in [6.45, 7) is 2.88. The monoisotopic (exact) mass is 364 g/mol. The van der Waals surface area contributed by atoms with Gasteiger partial charge in [0, 0.05) is 22.6 Å². The van der Waals surface area contributed by atoms with E-state index in [1.54, 1.807) is 0 Å². The van der Waals surface area contributed by atoms with Gasteiger partial charge >= 0.3 is 0 Å². The molecule has 1 atom stereocenters. The summed E-state index contributed by atoms with van der Waals surface area (Å²) in [4.78, 5) is 9.23. The Bertz CT molecular complexity index is 628. The number of nitrogens with zero attached hydrogens (tertiary/aromatic N) is 4. The van der Waals surface area contributed by atoms with E-state index in [1.807, 2.05) is 24.3 Å². The Morgan fingerprint density at radius 3 is 3.05 bits per heavy atom. The molecule has 1 aliphatic heterocycles. The van der Waals surface area contributed by atoms with Crippen LogP contribution in [-0.2, 0) is 6.54 Å². The summed E-state index contributed by atoms with van der Waals surface area (Å²) in [6, 6.07) is 8.56. The molecule has 1 fully saturated rings. The summed E-state index contributed by atoms with van der Waals surface area (Å²) >= 11 is 3.47. The largest absolute Gasteiger partial charge is 0.338 e. The van der Waals surface area contributed by atoms with Crippen LogP contribution in [0.4, 0.5) is 0 Å². The quantitative estimate of drug-likeness (QED) is 0.834. The Hall–Kier alpha value is -1.24. The van der Waals surface area contributed by atoms with Gasteiger partial charge in [0.2, 0.25) is 11.7 Å². The van der Waals surface area contributed by atoms with Crippen molar-refractivity contribution in [2.45, 2.75) is 25.4 Å². The maximum absolute atomic E-state index is 5.43. The molecule has 0 radical (unpaired) electrons. The van der Waals surface area contributed by atoms with Crippen LogP contribution in [0.15, 0.2) is 33.3 Å². The first-order chi connectivity index (χ1) is 10.6. The highest BCUT2D eigenvalue weighted by Crippen LogP contribution is 2.21. The number of hydrogen-bond acceptors (Lipinski definition) is 5. The van der Waals surface area contributed by atoms with Gasteiger partial charge in [-0.15, -0.1) is 0 Å². The van der Waals surface area contributed by atoms with Crippen LogP contribution in [0.3, 0.4) is 0 Å². The van der Waals surface area contributed by atoms with E-state index in [2.05, 4.69) is 50.0 Å². The minimum atomic E-state index is 0.612. The van der Waals surface area contributed by atoms with Crippen molar-refractivity contribution in [2.24, 2.45) is 0 Å². The molecular formula is C16H21BrN4O. The molecule has 3 rings (SSSR count). The number of piperidine rings is 1. The zero-order chi connectivity index (χ0) is 15.5. The first-order valence-electron chi connectivity index (χ1n) is 7.59. The van der Waals surface area contributed by atoms with E-state index in [9.17, 15) is 0 Å². The third-order valence-corrected chi connectivity index (χ3v) is 4.61. The predicted octanol–water partition coefficient (Wildman–Crippen LogP) is 3.03. The molecule has 6 heteroatoms. The zero-order valence-electron chi connectivity index (χ0n) is 13.0. The summed E-state index contributed by atoms with van der Waals surface area (Å²) in [7, 11) is 4.29. The molecular weight excluding hydrogens is 344 g/mol. The minimum absolute atomic E-state index is 0.612. The highest BCUT2D eigenvalue weighted by molar-refractivity contribution is 9.10. The number of hydrogen-bond donors (Lipinski definition) is 0. The fourth-order valence-corrected chi connectivity index (χ4v) is 3.25. The molecule has 0 amide bonds. The number of benzene rings is 1. The Kier molecular flexibility index (Phi) is 4.90. The second-order valence-electron chi connectivity index (χ2n) is 6.02. The van der Waals surface area contributed by atoms with Crippen LogP contribution in [-0.4, -0.2) is 53.2 Å². The van der Waals surface area contributed by atoms with E-state index in [4.69, 9.17) is 4.52 Å². The molecule has 0 spiro atoms. The van der Waals surface area contributed by atoms with Crippen LogP contribution in [0.25, 0.3) is 11.4 Å². The fourth-order valence-electron chi connectivity index (χ4n) is 2.85. The SMILES string of the molecule is CN(C)C1CCCN(Cc2nc(-c3cccc(Br)c3)no2)C1. The molecule has 0 N–H and O–H groups in total. The molecule has 1 unspecified atom stereocenters. The third kappa shape index (κ3) is 3.74. The fraction of sp³-hybridized carbons (Fsp3) is 0.500. The van der Waals surface area contributed by atoms with Gasteiger partial charge in [0.15, 0.2) is 0 Å². The van der Waals surface area contributed by atoms with Crippen LogP contribution in [0, 0.1) is 0 Å². The van der Waals surface area contributed by atoms with Crippen molar-refractivity contribution in [3.63, 3.8) is 0 Å². The topological polar surface area (TPSA) is 45.4 Å². The second-order valence-corrected chi connectivity index (χ2v) is 6.93. The molecule has 2 aromatic rings. The lowest BCUT2D eigenvalue weighted by Crippen LogP contribution is -2.44. The van der Waals surface area contributed by atoms with E-state index >= 15 is 0 Å². The van der Waals surface area contributed by atoms with Gasteiger partial charge in [-0.3, -0.25) is 4.90 Å². The van der Waals surface area contributed by atoms with Crippen molar-refractivity contribution >= 4 is 15.9 Å². The standard InChI is InChI=1S/C16H21BrN4O/c1-20(2)14-7-4-8-21(10-14)11-15-18-16(19-22-15)12-5-3-6-13(17)9-12/h3,5-6,9,14H,4,7-8,10-11H2,1-2H3. The average molecular weight is 365 g/mol. The Balaban J connectivity index is 1.67. The lowest BCUT2D eigenvalue weighted by molar-refractivity contribution is 0.117. The summed E-state index contributed by atoms with van der Waals surface area (Å²) < 4.78 is 6.44. The van der Waals surface area contributed by atoms with E-state index in [-0.39, 0.29) is 0 Å². The minimum Gasteiger partial charge on any atom is -0.338 e. The maximum Gasteiger partial charge on any atom is 0.241 e. The van der Waals surface area contributed by atoms with Crippen LogP contribution in [0.2, 0.25) is 0 Å². The van der Waals surface area contributed by atoms with Gasteiger partial charge < -0.3 is 9.42 Å². The predicted molar refractivity (Wildman–Crippen MR) is 89.4 cm³/mol. The van der Waals surface area contributed by atoms with E-state index in [0.29, 0.717) is 17.8 Å². The number of aromatic nitrogens is 2. The Labute approximate surface area is 139 Å². The zero-order valence-corrected chi connectivity index (χ0v) is 14.6. The molecule has 22 heavy (non-hydrogen) atoms. The number of halogens is 1. The molecule has 1 saturated heterocycles. The Morgan fingerprint density at radius 2 is 2.27 bits per heavy atom. The van der Waals surface area contributed by atoms with Crippen molar-refractivity contribution in [3.05, 3.63) is 34.6 Å². The molecule has 1 aliphatic rings. The van der Waals surface area contributed by atoms with Gasteiger partial charge in [-0.05, 0) is 45.6 Å². The highest BCUT2D eigenvalue weighted by Gasteiger charge is 2.23. The molecule has 118 valence electrons. The van der Waals surface area contributed by atoms with Gasteiger partial charge in [0.05, 0.1) is 6.54 Å². The van der Waals surface area contributed by atoms with E-state index < -0.39 is 0 Å². The lowest BCUT2D eigenvalue weighted by atomic mass is 10.1. The summed E-state index contributed by atoms with van der Waals surface area (Å²) in [5.74, 6) is 1.34. The van der Waals surface area contributed by atoms with Gasteiger partial charge in [0.1, 0.15) is 0 Å². The summed E-state index contributed by atoms with van der Waals surface area (Å²) in [6.07, 6.45) is 2.48. The second kappa shape index (κ2) is 6.89. The van der Waals surface area contributed by atoms with E-state index in [1.165, 1.54) is 12.8 Å². The third-order valence-electron chi connectivity index (χ3n) is 4.12. The van der Waals surface area contributed by atoms with Gasteiger partial charge in [-0.1, -0.05) is 33.2 Å². The maximum atomic E-state index is 5.43. The first-order valence-corrected chi connectivity index (χ1v) is 8.38. The Morgan fingerprint density at radius 1 is 1.41 bits per heavy atom. The molecule has 2 heterocycles. The average Bonchev–Trinajstić information content (AvgIpc) is 2.96. The van der Waals surface area contributed by atoms with Crippen LogP contribution in [0.5, 0.6) is 0 Å². The van der Waals surface area contributed by atoms with Crippen molar-refractivity contribution < 1.29 is 4.52 Å². The van der Waals surface area contributed by atoms with Gasteiger partial charge in [-0.25, -0.2) is 0 Å². The van der Waals surface area contributed by atoms with Gasteiger partial charge in [0.25, 0.3) is 0 Å². The normalized spacial score (nSPS) is 19.7. The van der Waals surface area contributed by atoms with Crippen molar-refractivity contribution in [3.8, 4) is 11.4 Å². The van der Waals surface area contributed by atoms with Gasteiger partial charge in [-0.2, -0.15) is 4.98 Å². The highest BCUT2D eigenvalue weighted by atomic mass is 79.9. The number of likely N-dealkylation sites (N-methyl/N-ethyl adjacent to an activating group) is 1. The molecule has 5 nitrogen and oxygen atoms in total. The smallest absolute Gasteiger partial charge is 0.241 e. The van der Waals surface area contributed by atoms with Crippen molar-refractivity contribution in [1.82, 2.24) is 19.9 Å². The van der Waals surface area contributed by atoms with Crippen molar-refractivity contribution in [1.29, 1.82) is 0 Å². The lowest BCUT2D eigenvalue weighted by Gasteiger charge is -2.35. The molecule has 1 aromatic carbocycles. The number of likely N-dealkylation sites (tertiary alicyclic amines) is 1. The summed E-state index contributed by atoms with van der Waals surface area (Å²) in [5, 5.41) is 4.10. The van der Waals surface area contributed by atoms with E-state index in [0.717, 1.165) is 29.7 Å². The number of rotatable bonds is 4. The first kappa shape index (κ1) is 15.6. The van der Waals surface area contributed by atoms with Crippen LogP contribution in [0.1, 0.15) is 18.7 Å². The van der Waals surface area contributed by atoms with Crippen LogP contribution < -0.4 is 0 Å². The van der Waals surface area contributed by atoms with Crippen molar-refractivity contribution in [2.75, 3.05) is 27.2 Å². The van der Waals surface area contributed by atoms with Crippen LogP contribution >= 0.6 is 15.9 Å². The summed E-state index contributed by atoms with van der Waals surface area (Å²) in [5.41, 5.74) is 0.967. The molecule has 0 bridgehead atoms. The molecule has 0 aliphatic carbocycles. The molecule has 1 aromatic heterocycles. The molecule has 0 saturated carbocycles.